The fraction of sp³-hybridized carbons (Fsp3) is 0.321. The standard InChI is InChI=1S/C28H32N4OS/c1-16(2)20-8-12-22(13-9-20)31-27(33)25-18(5)24-26(29-19(6)30-28(24)34-25)32(7)23-14-10-21(11-15-23)17(3)4/h8-17H,1-7H3,(H,31,33). The number of carbonyl (C=O) groups is 1. The van der Waals surface area contributed by atoms with Crippen molar-refractivity contribution in [1.82, 2.24) is 9.97 Å². The number of rotatable bonds is 6. The minimum absolute atomic E-state index is 0.120. The number of nitrogens with one attached hydrogen (secondary N) is 1. The van der Waals surface area contributed by atoms with Gasteiger partial charge in [0.25, 0.3) is 5.91 Å². The van der Waals surface area contributed by atoms with E-state index in [4.69, 9.17) is 4.98 Å². The van der Waals surface area contributed by atoms with Crippen LogP contribution in [0.1, 0.15) is 71.7 Å². The topological polar surface area (TPSA) is 58.1 Å². The molecule has 0 spiro atoms. The predicted molar refractivity (Wildman–Crippen MR) is 144 cm³/mol. The average molecular weight is 473 g/mol. The van der Waals surface area contributed by atoms with Crippen molar-refractivity contribution < 1.29 is 4.79 Å². The number of aryl methyl sites for hydroxylation is 2. The summed E-state index contributed by atoms with van der Waals surface area (Å²) >= 11 is 1.42. The SMILES string of the molecule is Cc1nc(N(C)c2ccc(C(C)C)cc2)c2c(C)c(C(=O)Nc3ccc(C(C)C)cc3)sc2n1. The maximum absolute atomic E-state index is 13.2. The summed E-state index contributed by atoms with van der Waals surface area (Å²) in [6.07, 6.45) is 0. The molecule has 0 atom stereocenters. The molecule has 6 heteroatoms. The first-order valence-electron chi connectivity index (χ1n) is 11.7. The van der Waals surface area contributed by atoms with Crippen molar-refractivity contribution in [3.05, 3.63) is 75.9 Å². The maximum atomic E-state index is 13.2. The van der Waals surface area contributed by atoms with Crippen LogP contribution in [0.5, 0.6) is 0 Å². The normalized spacial score (nSPS) is 11.4. The second kappa shape index (κ2) is 9.55. The van der Waals surface area contributed by atoms with Gasteiger partial charge in [-0.15, -0.1) is 11.3 Å². The Morgan fingerprint density at radius 1 is 0.882 bits per heavy atom. The van der Waals surface area contributed by atoms with Crippen molar-refractivity contribution in [2.75, 3.05) is 17.3 Å². The van der Waals surface area contributed by atoms with Crippen LogP contribution in [0.15, 0.2) is 48.5 Å². The molecule has 0 bridgehead atoms. The molecule has 0 fully saturated rings. The van der Waals surface area contributed by atoms with Gasteiger partial charge >= 0.3 is 0 Å². The van der Waals surface area contributed by atoms with Crippen molar-refractivity contribution in [2.24, 2.45) is 0 Å². The van der Waals surface area contributed by atoms with E-state index < -0.39 is 0 Å². The zero-order valence-electron chi connectivity index (χ0n) is 20.9. The number of hydrogen-bond acceptors (Lipinski definition) is 5. The van der Waals surface area contributed by atoms with Crippen molar-refractivity contribution >= 4 is 44.7 Å². The smallest absolute Gasteiger partial charge is 0.266 e. The van der Waals surface area contributed by atoms with Gasteiger partial charge in [-0.05, 0) is 66.6 Å². The first kappa shape index (κ1) is 23.9. The molecule has 0 aliphatic rings. The van der Waals surface area contributed by atoms with Crippen molar-refractivity contribution in [3.63, 3.8) is 0 Å². The monoisotopic (exact) mass is 472 g/mol. The molecule has 34 heavy (non-hydrogen) atoms. The van der Waals surface area contributed by atoms with E-state index in [1.165, 1.54) is 22.5 Å². The summed E-state index contributed by atoms with van der Waals surface area (Å²) < 4.78 is 0. The Morgan fingerprint density at radius 3 is 2.00 bits per heavy atom. The molecule has 2 heterocycles. The second-order valence-corrected chi connectivity index (χ2v) is 10.4. The van der Waals surface area contributed by atoms with Crippen LogP contribution in [-0.4, -0.2) is 22.9 Å². The molecule has 0 aliphatic carbocycles. The summed E-state index contributed by atoms with van der Waals surface area (Å²) in [4.78, 5) is 26.2. The van der Waals surface area contributed by atoms with Crippen LogP contribution in [0.2, 0.25) is 0 Å². The largest absolute Gasteiger partial charge is 0.329 e. The fourth-order valence-corrected chi connectivity index (χ4v) is 5.14. The summed E-state index contributed by atoms with van der Waals surface area (Å²) in [6.45, 7) is 12.6. The molecular weight excluding hydrogens is 440 g/mol. The molecule has 4 aromatic rings. The van der Waals surface area contributed by atoms with E-state index in [9.17, 15) is 4.79 Å². The first-order chi connectivity index (χ1) is 16.2. The second-order valence-electron chi connectivity index (χ2n) is 9.37. The summed E-state index contributed by atoms with van der Waals surface area (Å²) in [5, 5.41) is 3.97. The molecule has 0 radical (unpaired) electrons. The molecule has 0 saturated heterocycles. The van der Waals surface area contributed by atoms with Gasteiger partial charge < -0.3 is 10.2 Å². The zero-order chi connectivity index (χ0) is 24.6. The highest BCUT2D eigenvalue weighted by atomic mass is 32.1. The average Bonchev–Trinajstić information content (AvgIpc) is 3.14. The maximum Gasteiger partial charge on any atom is 0.266 e. The van der Waals surface area contributed by atoms with E-state index in [-0.39, 0.29) is 5.91 Å². The van der Waals surface area contributed by atoms with Gasteiger partial charge in [-0.25, -0.2) is 9.97 Å². The molecule has 176 valence electrons. The van der Waals surface area contributed by atoms with Crippen molar-refractivity contribution in [1.29, 1.82) is 0 Å². The van der Waals surface area contributed by atoms with Crippen LogP contribution < -0.4 is 10.2 Å². The zero-order valence-corrected chi connectivity index (χ0v) is 21.7. The Kier molecular flexibility index (Phi) is 6.71. The summed E-state index contributed by atoms with van der Waals surface area (Å²) in [6, 6.07) is 16.6. The van der Waals surface area contributed by atoms with Crippen LogP contribution in [0.4, 0.5) is 17.2 Å². The Labute approximate surface area is 205 Å². The van der Waals surface area contributed by atoms with Crippen LogP contribution in [0.3, 0.4) is 0 Å². The van der Waals surface area contributed by atoms with Gasteiger partial charge in [0, 0.05) is 18.4 Å². The van der Waals surface area contributed by atoms with Gasteiger partial charge in [0.1, 0.15) is 16.5 Å². The number of thiophene rings is 1. The van der Waals surface area contributed by atoms with Gasteiger partial charge in [-0.2, -0.15) is 0 Å². The third kappa shape index (κ3) is 4.68. The molecular formula is C28H32N4OS. The van der Waals surface area contributed by atoms with E-state index in [1.54, 1.807) is 0 Å². The summed E-state index contributed by atoms with van der Waals surface area (Å²) in [7, 11) is 2.01. The lowest BCUT2D eigenvalue weighted by Gasteiger charge is -2.20. The molecule has 0 saturated carbocycles. The first-order valence-corrected chi connectivity index (χ1v) is 12.5. The lowest BCUT2D eigenvalue weighted by Crippen LogP contribution is -2.13. The number of carbonyl (C=O) groups excluding carboxylic acids is 1. The van der Waals surface area contributed by atoms with E-state index >= 15 is 0 Å². The molecule has 5 nitrogen and oxygen atoms in total. The Bertz CT molecular complexity index is 1320. The van der Waals surface area contributed by atoms with Gasteiger partial charge in [0.05, 0.1) is 10.3 Å². The van der Waals surface area contributed by atoms with Gasteiger partial charge in [0.2, 0.25) is 0 Å². The van der Waals surface area contributed by atoms with Crippen molar-refractivity contribution in [3.8, 4) is 0 Å². The molecule has 2 aromatic heterocycles. The van der Waals surface area contributed by atoms with Crippen LogP contribution >= 0.6 is 11.3 Å². The van der Waals surface area contributed by atoms with E-state index in [0.29, 0.717) is 22.5 Å². The van der Waals surface area contributed by atoms with Gasteiger partial charge in [-0.3, -0.25) is 4.79 Å². The quantitative estimate of drug-likeness (QED) is 0.314. The lowest BCUT2D eigenvalue weighted by molar-refractivity contribution is 0.103. The van der Waals surface area contributed by atoms with Crippen LogP contribution in [0.25, 0.3) is 10.2 Å². The lowest BCUT2D eigenvalue weighted by atomic mass is 10.0. The van der Waals surface area contributed by atoms with E-state index in [0.717, 1.165) is 33.0 Å². The third-order valence-corrected chi connectivity index (χ3v) is 7.37. The van der Waals surface area contributed by atoms with E-state index in [2.05, 4.69) is 79.3 Å². The fourth-order valence-electron chi connectivity index (χ4n) is 4.03. The molecule has 0 unspecified atom stereocenters. The number of benzene rings is 2. The Balaban J connectivity index is 1.69. The number of nitrogens with zero attached hydrogens (tertiary/aromatic N) is 3. The number of anilines is 3. The Morgan fingerprint density at radius 2 is 1.44 bits per heavy atom. The number of aromatic nitrogens is 2. The minimum Gasteiger partial charge on any atom is -0.329 e. The highest BCUT2D eigenvalue weighted by Crippen LogP contribution is 2.38. The minimum atomic E-state index is -0.120. The molecule has 4 rings (SSSR count). The highest BCUT2D eigenvalue weighted by Gasteiger charge is 2.22. The molecule has 1 amide bonds. The van der Waals surface area contributed by atoms with E-state index in [1.807, 2.05) is 33.0 Å². The summed E-state index contributed by atoms with van der Waals surface area (Å²) in [5.74, 6) is 2.31. The number of amides is 1. The van der Waals surface area contributed by atoms with Crippen molar-refractivity contribution in [2.45, 2.75) is 53.4 Å². The Hall–Kier alpha value is -3.25. The van der Waals surface area contributed by atoms with Crippen LogP contribution in [-0.2, 0) is 0 Å². The molecule has 1 N–H and O–H groups in total. The van der Waals surface area contributed by atoms with Gasteiger partial charge in [-0.1, -0.05) is 52.0 Å². The predicted octanol–water partition coefficient (Wildman–Crippen LogP) is 7.58. The third-order valence-electron chi connectivity index (χ3n) is 6.19. The van der Waals surface area contributed by atoms with Crippen LogP contribution in [0, 0.1) is 13.8 Å². The molecule has 2 aromatic carbocycles. The summed E-state index contributed by atoms with van der Waals surface area (Å²) in [5.41, 5.74) is 5.28. The number of hydrogen-bond donors (Lipinski definition) is 1. The molecule has 0 aliphatic heterocycles. The highest BCUT2D eigenvalue weighted by molar-refractivity contribution is 7.20. The number of fused-ring (bicyclic) bond motifs is 1. The van der Waals surface area contributed by atoms with Gasteiger partial charge in [0.15, 0.2) is 0 Å².